The molecule has 2 heterocycles. The summed E-state index contributed by atoms with van der Waals surface area (Å²) in [5.74, 6) is -0.972. The van der Waals surface area contributed by atoms with Crippen molar-refractivity contribution >= 4 is 45.5 Å². The van der Waals surface area contributed by atoms with Crippen LogP contribution in [0.15, 0.2) is 46.7 Å². The molecule has 8 heteroatoms. The van der Waals surface area contributed by atoms with E-state index in [1.54, 1.807) is 30.3 Å². The third-order valence-electron chi connectivity index (χ3n) is 4.33. The first-order valence-electron chi connectivity index (χ1n) is 8.83. The van der Waals surface area contributed by atoms with Gasteiger partial charge in [0.1, 0.15) is 12.2 Å². The first-order valence-corrected chi connectivity index (χ1v) is 9.62. The number of amides is 4. The van der Waals surface area contributed by atoms with Crippen LogP contribution in [0, 0.1) is 6.92 Å². The fourth-order valence-corrected chi connectivity index (χ4v) is 3.27. The Kier molecular flexibility index (Phi) is 5.69. The van der Waals surface area contributed by atoms with Crippen molar-refractivity contribution in [2.75, 3.05) is 11.9 Å². The molecule has 7 nitrogen and oxygen atoms in total. The molecule has 0 bridgehead atoms. The van der Waals surface area contributed by atoms with Gasteiger partial charge in [-0.2, -0.15) is 0 Å². The second-order valence-electron chi connectivity index (χ2n) is 6.85. The lowest BCUT2D eigenvalue weighted by molar-refractivity contribution is -0.127. The van der Waals surface area contributed by atoms with E-state index >= 15 is 0 Å². The van der Waals surface area contributed by atoms with E-state index in [0.717, 1.165) is 20.6 Å². The van der Waals surface area contributed by atoms with Gasteiger partial charge in [-0.3, -0.25) is 9.59 Å². The zero-order valence-electron chi connectivity index (χ0n) is 15.8. The Morgan fingerprint density at radius 2 is 1.93 bits per heavy atom. The molecule has 1 aliphatic heterocycles. The molecule has 0 saturated carbocycles. The van der Waals surface area contributed by atoms with Crippen LogP contribution in [0.2, 0.25) is 0 Å². The molecule has 1 aromatic carbocycles. The summed E-state index contributed by atoms with van der Waals surface area (Å²) in [5, 5.41) is 5.21. The van der Waals surface area contributed by atoms with Crippen molar-refractivity contribution < 1.29 is 14.4 Å². The predicted molar refractivity (Wildman–Crippen MR) is 111 cm³/mol. The van der Waals surface area contributed by atoms with Crippen LogP contribution in [-0.2, 0) is 9.59 Å². The highest BCUT2D eigenvalue weighted by Crippen LogP contribution is 2.19. The van der Waals surface area contributed by atoms with Crippen molar-refractivity contribution in [2.24, 2.45) is 0 Å². The summed E-state index contributed by atoms with van der Waals surface area (Å²) in [5.41, 5.74) is 2.62. The van der Waals surface area contributed by atoms with Crippen LogP contribution in [0.3, 0.4) is 0 Å². The number of benzene rings is 1. The van der Waals surface area contributed by atoms with Crippen molar-refractivity contribution in [1.29, 1.82) is 0 Å². The van der Waals surface area contributed by atoms with Gasteiger partial charge in [0.25, 0.3) is 5.91 Å². The smallest absolute Gasteiger partial charge is 0.329 e. The van der Waals surface area contributed by atoms with Crippen molar-refractivity contribution in [3.05, 3.63) is 58.0 Å². The number of aryl methyl sites for hydroxylation is 1. The Labute approximate surface area is 171 Å². The maximum Gasteiger partial charge on any atom is 0.329 e. The van der Waals surface area contributed by atoms with Gasteiger partial charge >= 0.3 is 6.03 Å². The van der Waals surface area contributed by atoms with E-state index in [2.05, 4.69) is 45.0 Å². The average molecular weight is 445 g/mol. The summed E-state index contributed by atoms with van der Waals surface area (Å²) in [6.07, 6.45) is 3.55. The molecule has 2 N–H and O–H groups in total. The van der Waals surface area contributed by atoms with Gasteiger partial charge in [0.15, 0.2) is 0 Å². The van der Waals surface area contributed by atoms with Gasteiger partial charge in [0, 0.05) is 28.1 Å². The highest BCUT2D eigenvalue weighted by molar-refractivity contribution is 9.10. The van der Waals surface area contributed by atoms with Gasteiger partial charge < -0.3 is 15.2 Å². The molecular weight excluding hydrogens is 424 g/mol. The maximum atomic E-state index is 12.6. The molecule has 1 aliphatic rings. The number of carbonyl (C=O) groups excluding carboxylic acids is 3. The normalized spacial score (nSPS) is 15.5. The molecule has 1 aromatic heterocycles. The topological polar surface area (TPSA) is 83.4 Å². The number of carbonyl (C=O) groups is 3. The number of rotatable bonds is 5. The monoisotopic (exact) mass is 444 g/mol. The zero-order chi connectivity index (χ0) is 20.4. The van der Waals surface area contributed by atoms with Crippen LogP contribution in [0.5, 0.6) is 0 Å². The second-order valence-corrected chi connectivity index (χ2v) is 7.77. The van der Waals surface area contributed by atoms with Crippen molar-refractivity contribution in [1.82, 2.24) is 14.8 Å². The number of hydrogen-bond acceptors (Lipinski definition) is 3. The summed E-state index contributed by atoms with van der Waals surface area (Å²) in [6, 6.07) is 8.64. The third-order valence-corrected chi connectivity index (χ3v) is 4.86. The Balaban J connectivity index is 1.70. The van der Waals surface area contributed by atoms with Crippen LogP contribution in [0.1, 0.15) is 31.1 Å². The van der Waals surface area contributed by atoms with Crippen LogP contribution in [-0.4, -0.2) is 33.9 Å². The lowest BCUT2D eigenvalue weighted by Crippen LogP contribution is -2.38. The van der Waals surface area contributed by atoms with Gasteiger partial charge in [-0.1, -0.05) is 15.9 Å². The van der Waals surface area contributed by atoms with Gasteiger partial charge in [-0.25, -0.2) is 9.69 Å². The van der Waals surface area contributed by atoms with Crippen LogP contribution < -0.4 is 10.6 Å². The second kappa shape index (κ2) is 8.02. The summed E-state index contributed by atoms with van der Waals surface area (Å²) in [7, 11) is 0. The van der Waals surface area contributed by atoms with Crippen molar-refractivity contribution in [3.8, 4) is 0 Å². The Morgan fingerprint density at radius 1 is 1.25 bits per heavy atom. The molecule has 0 spiro atoms. The zero-order valence-corrected chi connectivity index (χ0v) is 17.4. The van der Waals surface area contributed by atoms with Crippen molar-refractivity contribution in [2.45, 2.75) is 26.8 Å². The van der Waals surface area contributed by atoms with E-state index in [4.69, 9.17) is 0 Å². The summed E-state index contributed by atoms with van der Waals surface area (Å²) in [4.78, 5) is 37.8. The van der Waals surface area contributed by atoms with Gasteiger partial charge in [0.05, 0.1) is 0 Å². The highest BCUT2D eigenvalue weighted by Gasteiger charge is 2.35. The molecule has 3 rings (SSSR count). The first-order chi connectivity index (χ1) is 13.2. The number of anilines is 1. The standard InChI is InChI=1S/C20H21BrN4O3/c1-12(2)24-10-14(8-13(24)3)9-17-19(27)25(20(28)23-17)11-18(26)22-16-6-4-15(21)5-7-16/h4-10,12H,11H2,1-3H3,(H,22,26)(H,23,28)/b17-9+. The summed E-state index contributed by atoms with van der Waals surface area (Å²) >= 11 is 3.32. The largest absolute Gasteiger partial charge is 0.349 e. The Bertz CT molecular complexity index is 960. The van der Waals surface area contributed by atoms with E-state index in [-0.39, 0.29) is 12.2 Å². The minimum Gasteiger partial charge on any atom is -0.349 e. The van der Waals surface area contributed by atoms with E-state index in [1.165, 1.54) is 0 Å². The fraction of sp³-hybridized carbons (Fsp3) is 0.250. The Morgan fingerprint density at radius 3 is 2.54 bits per heavy atom. The minimum atomic E-state index is -0.609. The maximum absolute atomic E-state index is 12.6. The SMILES string of the molecule is Cc1cc(/C=C2/NC(=O)N(CC(=O)Nc3ccc(Br)cc3)C2=O)cn1C(C)C. The fourth-order valence-electron chi connectivity index (χ4n) is 3.01. The molecule has 0 radical (unpaired) electrons. The number of hydrogen-bond donors (Lipinski definition) is 2. The number of urea groups is 1. The minimum absolute atomic E-state index is 0.155. The lowest BCUT2D eigenvalue weighted by Gasteiger charge is -2.12. The summed E-state index contributed by atoms with van der Waals surface area (Å²) < 4.78 is 2.97. The average Bonchev–Trinajstić information content (AvgIpc) is 3.12. The number of halogens is 1. The van der Waals surface area contributed by atoms with E-state index in [9.17, 15) is 14.4 Å². The molecule has 28 heavy (non-hydrogen) atoms. The van der Waals surface area contributed by atoms with Crippen LogP contribution >= 0.6 is 15.9 Å². The van der Waals surface area contributed by atoms with Gasteiger partial charge in [-0.15, -0.1) is 0 Å². The van der Waals surface area contributed by atoms with Gasteiger partial charge in [0.2, 0.25) is 5.91 Å². The molecule has 0 atom stereocenters. The lowest BCUT2D eigenvalue weighted by atomic mass is 10.2. The van der Waals surface area contributed by atoms with Gasteiger partial charge in [-0.05, 0) is 62.7 Å². The van der Waals surface area contributed by atoms with Crippen LogP contribution in [0.25, 0.3) is 6.08 Å². The molecule has 0 aliphatic carbocycles. The highest BCUT2D eigenvalue weighted by atomic mass is 79.9. The molecule has 146 valence electrons. The van der Waals surface area contributed by atoms with E-state index in [1.807, 2.05) is 19.2 Å². The molecule has 0 unspecified atom stereocenters. The number of nitrogens with zero attached hydrogens (tertiary/aromatic N) is 2. The molecule has 1 fully saturated rings. The first kappa shape index (κ1) is 19.9. The quantitative estimate of drug-likeness (QED) is 0.544. The van der Waals surface area contributed by atoms with E-state index < -0.39 is 17.8 Å². The number of imide groups is 1. The predicted octanol–water partition coefficient (Wildman–Crippen LogP) is 3.67. The molecule has 4 amide bonds. The molecule has 2 aromatic rings. The molecular formula is C20H21BrN4O3. The number of nitrogens with one attached hydrogen (secondary N) is 2. The van der Waals surface area contributed by atoms with Crippen LogP contribution in [0.4, 0.5) is 10.5 Å². The third kappa shape index (κ3) is 4.33. The van der Waals surface area contributed by atoms with E-state index in [0.29, 0.717) is 11.7 Å². The van der Waals surface area contributed by atoms with Crippen molar-refractivity contribution in [3.63, 3.8) is 0 Å². The molecule has 1 saturated heterocycles. The summed E-state index contributed by atoms with van der Waals surface area (Å²) in [6.45, 7) is 5.76. The number of aromatic nitrogens is 1. The Hall–Kier alpha value is -2.87.